The summed E-state index contributed by atoms with van der Waals surface area (Å²) < 4.78 is 1.51. The molecule has 0 amide bonds. The number of nitro groups is 1. The summed E-state index contributed by atoms with van der Waals surface area (Å²) in [6, 6.07) is 8.74. The van der Waals surface area contributed by atoms with E-state index in [1.807, 2.05) is 6.07 Å². The van der Waals surface area contributed by atoms with Crippen molar-refractivity contribution in [3.63, 3.8) is 0 Å². The third kappa shape index (κ3) is 1.82. The van der Waals surface area contributed by atoms with Crippen LogP contribution in [0.15, 0.2) is 24.3 Å². The highest BCUT2D eigenvalue weighted by atomic mass is 16.6. The zero-order valence-corrected chi connectivity index (χ0v) is 9.91. The van der Waals surface area contributed by atoms with Gasteiger partial charge in [-0.05, 0) is 38.1 Å². The quantitative estimate of drug-likeness (QED) is 0.597. The molecule has 0 fully saturated rings. The van der Waals surface area contributed by atoms with Crippen molar-refractivity contribution in [2.45, 2.75) is 13.8 Å². The van der Waals surface area contributed by atoms with Crippen molar-refractivity contribution in [1.82, 2.24) is 9.78 Å². The van der Waals surface area contributed by atoms with Gasteiger partial charge in [-0.2, -0.15) is 10.4 Å². The SMILES string of the molecule is Cc1nn(-c2ccc(C#N)cc2)c(C)c1[N+](=O)[O-]. The van der Waals surface area contributed by atoms with Crippen molar-refractivity contribution in [3.8, 4) is 11.8 Å². The van der Waals surface area contributed by atoms with Gasteiger partial charge < -0.3 is 0 Å². The molecule has 0 saturated carbocycles. The zero-order valence-electron chi connectivity index (χ0n) is 9.91. The summed E-state index contributed by atoms with van der Waals surface area (Å²) in [5.74, 6) is 0. The second-order valence-corrected chi connectivity index (χ2v) is 3.85. The van der Waals surface area contributed by atoms with Gasteiger partial charge in [0.2, 0.25) is 0 Å². The van der Waals surface area contributed by atoms with Crippen LogP contribution in [0, 0.1) is 35.3 Å². The smallest absolute Gasteiger partial charge is 0.258 e. The normalized spacial score (nSPS) is 10.1. The van der Waals surface area contributed by atoms with Gasteiger partial charge in [-0.25, -0.2) is 4.68 Å². The van der Waals surface area contributed by atoms with Gasteiger partial charge in [0, 0.05) is 0 Å². The lowest BCUT2D eigenvalue weighted by atomic mass is 10.2. The lowest BCUT2D eigenvalue weighted by Crippen LogP contribution is -1.99. The minimum Gasteiger partial charge on any atom is -0.258 e. The Kier molecular flexibility index (Phi) is 2.81. The number of aromatic nitrogens is 2. The van der Waals surface area contributed by atoms with Crippen LogP contribution in [-0.4, -0.2) is 14.7 Å². The van der Waals surface area contributed by atoms with E-state index in [1.165, 1.54) is 4.68 Å². The van der Waals surface area contributed by atoms with Crippen LogP contribution in [0.5, 0.6) is 0 Å². The highest BCUT2D eigenvalue weighted by Crippen LogP contribution is 2.24. The second kappa shape index (κ2) is 4.30. The largest absolute Gasteiger partial charge is 0.313 e. The number of nitriles is 1. The van der Waals surface area contributed by atoms with E-state index in [1.54, 1.807) is 38.1 Å². The molecule has 18 heavy (non-hydrogen) atoms. The van der Waals surface area contributed by atoms with Gasteiger partial charge in [0.15, 0.2) is 0 Å². The van der Waals surface area contributed by atoms with Crippen LogP contribution < -0.4 is 0 Å². The fourth-order valence-corrected chi connectivity index (χ4v) is 1.83. The fraction of sp³-hybridized carbons (Fsp3) is 0.167. The van der Waals surface area contributed by atoms with Gasteiger partial charge in [0.25, 0.3) is 0 Å². The Morgan fingerprint density at radius 3 is 2.39 bits per heavy atom. The Hall–Kier alpha value is -2.68. The molecule has 1 aromatic carbocycles. The maximum Gasteiger partial charge on any atom is 0.313 e. The van der Waals surface area contributed by atoms with E-state index >= 15 is 0 Å². The van der Waals surface area contributed by atoms with E-state index in [-0.39, 0.29) is 5.69 Å². The first-order valence-corrected chi connectivity index (χ1v) is 5.25. The maximum atomic E-state index is 10.9. The molecule has 2 rings (SSSR count). The highest BCUT2D eigenvalue weighted by molar-refractivity contribution is 5.46. The van der Waals surface area contributed by atoms with Gasteiger partial charge in [0.05, 0.1) is 22.2 Å². The molecule has 6 heteroatoms. The summed E-state index contributed by atoms with van der Waals surface area (Å²) in [5, 5.41) is 23.8. The summed E-state index contributed by atoms with van der Waals surface area (Å²) >= 11 is 0. The molecule has 1 heterocycles. The summed E-state index contributed by atoms with van der Waals surface area (Å²) in [7, 11) is 0. The van der Waals surface area contributed by atoms with Gasteiger partial charge in [-0.1, -0.05) is 0 Å². The predicted octanol–water partition coefficient (Wildman–Crippen LogP) is 2.27. The molecule has 0 aliphatic heterocycles. The van der Waals surface area contributed by atoms with Crippen LogP contribution in [-0.2, 0) is 0 Å². The first-order chi connectivity index (χ1) is 8.54. The fourth-order valence-electron chi connectivity index (χ4n) is 1.83. The van der Waals surface area contributed by atoms with E-state index in [0.29, 0.717) is 22.6 Å². The molecule has 0 radical (unpaired) electrons. The van der Waals surface area contributed by atoms with Crippen LogP contribution in [0.2, 0.25) is 0 Å². The minimum atomic E-state index is -0.433. The molecule has 0 spiro atoms. The Balaban J connectivity index is 2.55. The summed E-state index contributed by atoms with van der Waals surface area (Å²) in [5.41, 5.74) is 2.11. The van der Waals surface area contributed by atoms with E-state index in [9.17, 15) is 10.1 Å². The molecule has 0 bridgehead atoms. The molecule has 1 aromatic heterocycles. The summed E-state index contributed by atoms with van der Waals surface area (Å²) in [6.07, 6.45) is 0. The topological polar surface area (TPSA) is 84.8 Å². The van der Waals surface area contributed by atoms with Crippen molar-refractivity contribution in [1.29, 1.82) is 5.26 Å². The first-order valence-electron chi connectivity index (χ1n) is 5.25. The molecule has 90 valence electrons. The zero-order chi connectivity index (χ0) is 13.3. The molecule has 0 saturated heterocycles. The van der Waals surface area contributed by atoms with E-state index in [2.05, 4.69) is 5.10 Å². The monoisotopic (exact) mass is 242 g/mol. The average molecular weight is 242 g/mol. The lowest BCUT2D eigenvalue weighted by molar-refractivity contribution is -0.386. The Morgan fingerprint density at radius 2 is 1.94 bits per heavy atom. The van der Waals surface area contributed by atoms with Crippen molar-refractivity contribution in [2.75, 3.05) is 0 Å². The standard InChI is InChI=1S/C12H10N4O2/c1-8-12(16(17)18)9(2)15(14-8)11-5-3-10(7-13)4-6-11/h3-6H,1-2H3. The van der Waals surface area contributed by atoms with E-state index in [4.69, 9.17) is 5.26 Å². The number of hydrogen-bond acceptors (Lipinski definition) is 4. The molecule has 0 aliphatic carbocycles. The molecule has 0 aliphatic rings. The van der Waals surface area contributed by atoms with Crippen molar-refractivity contribution in [3.05, 3.63) is 51.3 Å². The first kappa shape index (κ1) is 11.8. The summed E-state index contributed by atoms with van der Waals surface area (Å²) in [4.78, 5) is 10.5. The van der Waals surface area contributed by atoms with Gasteiger partial charge >= 0.3 is 5.69 Å². The molecule has 0 N–H and O–H groups in total. The number of benzene rings is 1. The van der Waals surface area contributed by atoms with Crippen LogP contribution >= 0.6 is 0 Å². The lowest BCUT2D eigenvalue weighted by Gasteiger charge is -2.02. The van der Waals surface area contributed by atoms with Crippen LogP contribution in [0.25, 0.3) is 5.69 Å². The molecule has 0 unspecified atom stereocenters. The number of nitrogens with zero attached hydrogens (tertiary/aromatic N) is 4. The molecule has 6 nitrogen and oxygen atoms in total. The van der Waals surface area contributed by atoms with Crippen LogP contribution in [0.4, 0.5) is 5.69 Å². The number of aryl methyl sites for hydroxylation is 1. The number of rotatable bonds is 2. The predicted molar refractivity (Wildman–Crippen MR) is 64.4 cm³/mol. The van der Waals surface area contributed by atoms with Crippen molar-refractivity contribution in [2.24, 2.45) is 0 Å². The van der Waals surface area contributed by atoms with Gasteiger partial charge in [-0.3, -0.25) is 10.1 Å². The molecule has 0 atom stereocenters. The molecule has 2 aromatic rings. The molecular formula is C12H10N4O2. The van der Waals surface area contributed by atoms with Gasteiger partial charge in [0.1, 0.15) is 11.4 Å². The van der Waals surface area contributed by atoms with Crippen molar-refractivity contribution >= 4 is 5.69 Å². The van der Waals surface area contributed by atoms with E-state index in [0.717, 1.165) is 0 Å². The molecular weight excluding hydrogens is 232 g/mol. The second-order valence-electron chi connectivity index (χ2n) is 3.85. The average Bonchev–Trinajstić information content (AvgIpc) is 2.65. The third-order valence-corrected chi connectivity index (χ3v) is 2.68. The Morgan fingerprint density at radius 1 is 1.33 bits per heavy atom. The minimum absolute atomic E-state index is 0.0272. The maximum absolute atomic E-state index is 10.9. The Bertz CT molecular complexity index is 650. The van der Waals surface area contributed by atoms with Gasteiger partial charge in [-0.15, -0.1) is 0 Å². The third-order valence-electron chi connectivity index (χ3n) is 2.68. The van der Waals surface area contributed by atoms with E-state index < -0.39 is 4.92 Å². The van der Waals surface area contributed by atoms with Crippen molar-refractivity contribution < 1.29 is 4.92 Å². The number of hydrogen-bond donors (Lipinski definition) is 0. The summed E-state index contributed by atoms with van der Waals surface area (Å²) in [6.45, 7) is 3.25. The Labute approximate surface area is 103 Å². The van der Waals surface area contributed by atoms with Crippen LogP contribution in [0.1, 0.15) is 17.0 Å². The van der Waals surface area contributed by atoms with Crippen LogP contribution in [0.3, 0.4) is 0 Å². The highest BCUT2D eigenvalue weighted by Gasteiger charge is 2.22.